The second-order valence-corrected chi connectivity index (χ2v) is 13.0. The fourth-order valence-corrected chi connectivity index (χ4v) is 6.67. The molecule has 3 heterocycles. The highest BCUT2D eigenvalue weighted by molar-refractivity contribution is 7.91. The molecule has 4 rings (SSSR count). The number of rotatable bonds is 6. The van der Waals surface area contributed by atoms with Gasteiger partial charge in [-0.2, -0.15) is 0 Å². The summed E-state index contributed by atoms with van der Waals surface area (Å²) in [6, 6.07) is 10.8. The number of carbonyl (C=O) groups excluding carboxylic acids is 2. The molecule has 0 bridgehead atoms. The Hall–Kier alpha value is -3.31. The van der Waals surface area contributed by atoms with Gasteiger partial charge in [-0.25, -0.2) is 17.8 Å². The number of amides is 2. The second kappa shape index (κ2) is 9.62. The maximum absolute atomic E-state index is 15.0. The Morgan fingerprint density at radius 2 is 1.92 bits per heavy atom. The van der Waals surface area contributed by atoms with E-state index >= 15 is 0 Å². The number of benzene rings is 1. The third kappa shape index (κ3) is 5.73. The van der Waals surface area contributed by atoms with E-state index in [1.807, 2.05) is 26.8 Å². The molecule has 1 saturated heterocycles. The summed E-state index contributed by atoms with van der Waals surface area (Å²) < 4.78 is 38.3. The average molecular weight is 531 g/mol. The molecule has 4 N–H and O–H groups in total. The van der Waals surface area contributed by atoms with E-state index in [-0.39, 0.29) is 34.0 Å². The number of carbonyl (C=O) groups is 2. The molecule has 1 aliphatic rings. The van der Waals surface area contributed by atoms with Crippen LogP contribution in [-0.4, -0.2) is 42.8 Å². The predicted octanol–water partition coefficient (Wildman–Crippen LogP) is 4.01. The fourth-order valence-electron chi connectivity index (χ4n) is 3.90. The Morgan fingerprint density at radius 3 is 2.53 bits per heavy atom. The van der Waals surface area contributed by atoms with Crippen molar-refractivity contribution in [3.63, 3.8) is 0 Å². The molecule has 1 fully saturated rings. The van der Waals surface area contributed by atoms with Crippen LogP contribution in [0.2, 0.25) is 0 Å². The minimum absolute atomic E-state index is 0.0447. The van der Waals surface area contributed by atoms with Gasteiger partial charge in [-0.3, -0.25) is 9.59 Å². The van der Waals surface area contributed by atoms with Gasteiger partial charge in [0.25, 0.3) is 11.8 Å². The molecular formula is C25H27FN4O4S2. The molecular weight excluding hydrogens is 503 g/mol. The van der Waals surface area contributed by atoms with Gasteiger partial charge < -0.3 is 16.4 Å². The van der Waals surface area contributed by atoms with Gasteiger partial charge in [-0.05, 0) is 41.7 Å². The Kier molecular flexibility index (Phi) is 6.89. The van der Waals surface area contributed by atoms with E-state index in [4.69, 9.17) is 5.73 Å². The maximum atomic E-state index is 15.0. The molecule has 190 valence electrons. The lowest BCUT2D eigenvalue weighted by atomic mass is 9.86. The predicted molar refractivity (Wildman–Crippen MR) is 139 cm³/mol. The Morgan fingerprint density at radius 1 is 1.17 bits per heavy atom. The van der Waals surface area contributed by atoms with Crippen LogP contribution in [0, 0.1) is 5.82 Å². The van der Waals surface area contributed by atoms with Crippen molar-refractivity contribution in [2.75, 3.05) is 16.8 Å². The highest BCUT2D eigenvalue weighted by atomic mass is 32.2. The Bertz CT molecular complexity index is 1440. The number of sulfone groups is 1. The Balaban J connectivity index is 1.58. The monoisotopic (exact) mass is 530 g/mol. The SMILES string of the molecule is CC(C)(C)c1ccc(-c2cc(C(N)=O)c(Nc3cccc(C(=O)NC4CCS(=O)(=O)C4)n3)s2)c(F)c1. The van der Waals surface area contributed by atoms with Crippen LogP contribution < -0.4 is 16.4 Å². The summed E-state index contributed by atoms with van der Waals surface area (Å²) in [5.41, 5.74) is 6.81. The van der Waals surface area contributed by atoms with E-state index in [9.17, 15) is 22.4 Å². The minimum atomic E-state index is -3.14. The second-order valence-electron chi connectivity index (χ2n) is 9.77. The molecule has 0 aliphatic carbocycles. The number of anilines is 2. The van der Waals surface area contributed by atoms with Crippen LogP contribution in [0.3, 0.4) is 0 Å². The summed E-state index contributed by atoms with van der Waals surface area (Å²) in [6.07, 6.45) is 0.360. The van der Waals surface area contributed by atoms with Crippen LogP contribution in [0.15, 0.2) is 42.5 Å². The normalized spacial score (nSPS) is 17.1. The van der Waals surface area contributed by atoms with Crippen molar-refractivity contribution in [2.24, 2.45) is 5.73 Å². The number of nitrogens with zero attached hydrogens (tertiary/aromatic N) is 1. The van der Waals surface area contributed by atoms with E-state index in [1.165, 1.54) is 18.2 Å². The molecule has 0 radical (unpaired) electrons. The van der Waals surface area contributed by atoms with Crippen molar-refractivity contribution < 1.29 is 22.4 Å². The quantitative estimate of drug-likeness (QED) is 0.441. The maximum Gasteiger partial charge on any atom is 0.270 e. The highest BCUT2D eigenvalue weighted by Crippen LogP contribution is 2.38. The van der Waals surface area contributed by atoms with E-state index in [1.54, 1.807) is 18.2 Å². The fraction of sp³-hybridized carbons (Fsp3) is 0.320. The largest absolute Gasteiger partial charge is 0.366 e. The van der Waals surface area contributed by atoms with Crippen LogP contribution in [-0.2, 0) is 15.3 Å². The van der Waals surface area contributed by atoms with Gasteiger partial charge in [0.1, 0.15) is 22.3 Å². The van der Waals surface area contributed by atoms with Gasteiger partial charge >= 0.3 is 0 Å². The van der Waals surface area contributed by atoms with E-state index in [0.717, 1.165) is 16.9 Å². The van der Waals surface area contributed by atoms with Crippen molar-refractivity contribution in [3.8, 4) is 10.4 Å². The summed E-state index contributed by atoms with van der Waals surface area (Å²) in [5.74, 6) is -1.36. The lowest BCUT2D eigenvalue weighted by molar-refractivity contribution is 0.0935. The molecule has 1 atom stereocenters. The average Bonchev–Trinajstić information content (AvgIpc) is 3.35. The number of nitrogens with two attached hydrogens (primary N) is 1. The molecule has 1 unspecified atom stereocenters. The zero-order valence-electron chi connectivity index (χ0n) is 20.1. The molecule has 36 heavy (non-hydrogen) atoms. The lowest BCUT2D eigenvalue weighted by Gasteiger charge is -2.19. The molecule has 2 aromatic heterocycles. The zero-order chi connectivity index (χ0) is 26.3. The molecule has 1 aromatic carbocycles. The number of nitrogens with one attached hydrogen (secondary N) is 2. The number of primary amides is 1. The smallest absolute Gasteiger partial charge is 0.270 e. The molecule has 0 spiro atoms. The number of hydrogen-bond donors (Lipinski definition) is 3. The van der Waals surface area contributed by atoms with Gasteiger partial charge in [0, 0.05) is 16.5 Å². The standard InChI is InChI=1S/C25H27FN4O4S2/c1-25(2,3)14-7-8-16(18(26)11-14)20-12-17(22(27)31)24(35-20)30-21-6-4-5-19(29-21)23(32)28-15-9-10-36(33,34)13-15/h4-8,11-12,15H,9-10,13H2,1-3H3,(H2,27,31)(H,28,32)(H,29,30). The number of aromatic nitrogens is 1. The van der Waals surface area contributed by atoms with Crippen molar-refractivity contribution in [3.05, 3.63) is 65.1 Å². The summed E-state index contributed by atoms with van der Waals surface area (Å²) in [4.78, 5) is 29.5. The molecule has 1 aliphatic heterocycles. The third-order valence-electron chi connectivity index (χ3n) is 5.89. The molecule has 2 amide bonds. The summed E-state index contributed by atoms with van der Waals surface area (Å²) in [6.45, 7) is 5.99. The van der Waals surface area contributed by atoms with Crippen LogP contribution in [0.5, 0.6) is 0 Å². The number of hydrogen-bond acceptors (Lipinski definition) is 7. The van der Waals surface area contributed by atoms with E-state index in [2.05, 4.69) is 15.6 Å². The van der Waals surface area contributed by atoms with Gasteiger partial charge in [-0.15, -0.1) is 11.3 Å². The van der Waals surface area contributed by atoms with E-state index in [0.29, 0.717) is 21.9 Å². The molecule has 3 aromatic rings. The van der Waals surface area contributed by atoms with Crippen molar-refractivity contribution in [1.82, 2.24) is 10.3 Å². The lowest BCUT2D eigenvalue weighted by Crippen LogP contribution is -2.36. The van der Waals surface area contributed by atoms with Gasteiger partial charge in [0.2, 0.25) is 0 Å². The van der Waals surface area contributed by atoms with Crippen molar-refractivity contribution >= 4 is 43.8 Å². The number of pyridine rings is 1. The first-order chi connectivity index (χ1) is 16.8. The van der Waals surface area contributed by atoms with Crippen LogP contribution >= 0.6 is 11.3 Å². The summed E-state index contributed by atoms with van der Waals surface area (Å²) in [5, 5.41) is 6.07. The van der Waals surface area contributed by atoms with Crippen molar-refractivity contribution in [2.45, 2.75) is 38.6 Å². The van der Waals surface area contributed by atoms with Crippen molar-refractivity contribution in [1.29, 1.82) is 0 Å². The topological polar surface area (TPSA) is 131 Å². The van der Waals surface area contributed by atoms with Gasteiger partial charge in [-0.1, -0.05) is 39.0 Å². The van der Waals surface area contributed by atoms with Crippen LogP contribution in [0.25, 0.3) is 10.4 Å². The minimum Gasteiger partial charge on any atom is -0.366 e. The van der Waals surface area contributed by atoms with Crippen LogP contribution in [0.1, 0.15) is 53.6 Å². The highest BCUT2D eigenvalue weighted by Gasteiger charge is 2.29. The van der Waals surface area contributed by atoms with Gasteiger partial charge in [0.15, 0.2) is 9.84 Å². The van der Waals surface area contributed by atoms with Crippen LogP contribution in [0.4, 0.5) is 15.2 Å². The first-order valence-electron chi connectivity index (χ1n) is 11.3. The number of halogens is 1. The molecule has 8 nitrogen and oxygen atoms in total. The molecule has 11 heteroatoms. The first kappa shape index (κ1) is 25.8. The number of thiophene rings is 1. The summed E-state index contributed by atoms with van der Waals surface area (Å²) >= 11 is 1.14. The molecule has 0 saturated carbocycles. The first-order valence-corrected chi connectivity index (χ1v) is 14.0. The Labute approximate surface area is 213 Å². The van der Waals surface area contributed by atoms with E-state index < -0.39 is 33.5 Å². The summed E-state index contributed by atoms with van der Waals surface area (Å²) in [7, 11) is -3.14. The van der Waals surface area contributed by atoms with Gasteiger partial charge in [0.05, 0.1) is 17.1 Å². The third-order valence-corrected chi connectivity index (χ3v) is 8.74. The zero-order valence-corrected chi connectivity index (χ0v) is 21.7.